The van der Waals surface area contributed by atoms with Gasteiger partial charge in [-0.3, -0.25) is 0 Å². The third-order valence-electron chi connectivity index (χ3n) is 2.29. The van der Waals surface area contributed by atoms with Gasteiger partial charge in [0.2, 0.25) is 0 Å². The largest absolute Gasteiger partial charge is 0.465 e. The molecule has 2 aromatic heterocycles. The zero-order chi connectivity index (χ0) is 14.0. The summed E-state index contributed by atoms with van der Waals surface area (Å²) in [6.45, 7) is 0.655. The topological polar surface area (TPSA) is 42.4 Å². The van der Waals surface area contributed by atoms with Gasteiger partial charge in [0.05, 0.1) is 18.0 Å². The molecule has 0 unspecified atom stereocenters. The van der Waals surface area contributed by atoms with Crippen LogP contribution >= 0.6 is 45.9 Å². The average molecular weight is 337 g/mol. The monoisotopic (exact) mass is 336 g/mol. The second-order valence-corrected chi connectivity index (χ2v) is 6.81. The van der Waals surface area contributed by atoms with Gasteiger partial charge in [-0.15, -0.1) is 11.3 Å². The van der Waals surface area contributed by atoms with Crippen molar-refractivity contribution in [2.24, 2.45) is 0 Å². The second-order valence-electron chi connectivity index (χ2n) is 3.67. The molecule has 0 aliphatic heterocycles. The van der Waals surface area contributed by atoms with Crippen LogP contribution < -0.4 is 4.90 Å². The van der Waals surface area contributed by atoms with Crippen LogP contribution in [0, 0.1) is 0 Å². The highest BCUT2D eigenvalue weighted by Gasteiger charge is 2.19. The molecule has 0 saturated heterocycles. The first-order valence-electron chi connectivity index (χ1n) is 5.21. The highest BCUT2D eigenvalue weighted by atomic mass is 35.5. The van der Waals surface area contributed by atoms with Crippen LogP contribution in [0.15, 0.2) is 12.1 Å². The van der Waals surface area contributed by atoms with E-state index in [2.05, 4.69) is 9.72 Å². The lowest BCUT2D eigenvalue weighted by Gasteiger charge is -2.13. The first-order valence-corrected chi connectivity index (χ1v) is 7.60. The van der Waals surface area contributed by atoms with Crippen LogP contribution in [0.5, 0.6) is 0 Å². The van der Waals surface area contributed by atoms with Crippen LogP contribution in [0.3, 0.4) is 0 Å². The van der Waals surface area contributed by atoms with Gasteiger partial charge in [-0.2, -0.15) is 0 Å². The van der Waals surface area contributed by atoms with E-state index in [9.17, 15) is 4.79 Å². The first-order chi connectivity index (χ1) is 9.01. The summed E-state index contributed by atoms with van der Waals surface area (Å²) in [4.78, 5) is 19.0. The van der Waals surface area contributed by atoms with Gasteiger partial charge < -0.3 is 9.64 Å². The van der Waals surface area contributed by atoms with Crippen LogP contribution in [0.1, 0.15) is 14.5 Å². The molecular weight excluding hydrogens is 327 g/mol. The molecule has 0 aliphatic rings. The molecule has 8 heteroatoms. The van der Waals surface area contributed by atoms with Gasteiger partial charge >= 0.3 is 5.97 Å². The molecule has 0 spiro atoms. The Morgan fingerprint density at radius 1 is 1.42 bits per heavy atom. The molecule has 4 nitrogen and oxygen atoms in total. The van der Waals surface area contributed by atoms with E-state index in [0.29, 0.717) is 16.6 Å². The van der Waals surface area contributed by atoms with Gasteiger partial charge in [-0.05, 0) is 12.1 Å². The lowest BCUT2D eigenvalue weighted by atomic mass is 10.4. The predicted octanol–water partition coefficient (Wildman–Crippen LogP) is 3.93. The smallest absolute Gasteiger partial charge is 0.351 e. The maximum absolute atomic E-state index is 11.5. The number of carbonyl (C=O) groups excluding carboxylic acids is 1. The molecule has 0 fully saturated rings. The van der Waals surface area contributed by atoms with Gasteiger partial charge in [0, 0.05) is 11.9 Å². The summed E-state index contributed by atoms with van der Waals surface area (Å²) in [7, 11) is 3.19. The Hall–Kier alpha value is -0.820. The second kappa shape index (κ2) is 6.09. The number of methoxy groups -OCH3 is 1. The number of ether oxygens (including phenoxy) is 1. The summed E-state index contributed by atoms with van der Waals surface area (Å²) >= 11 is 14.5. The molecule has 0 amide bonds. The number of hydrogen-bond acceptors (Lipinski definition) is 6. The van der Waals surface area contributed by atoms with Crippen molar-refractivity contribution in [1.82, 2.24) is 4.98 Å². The van der Waals surface area contributed by atoms with E-state index in [0.717, 1.165) is 9.21 Å². The minimum Gasteiger partial charge on any atom is -0.465 e. The number of thiazole rings is 1. The molecule has 0 aliphatic carbocycles. The zero-order valence-electron chi connectivity index (χ0n) is 10.1. The molecule has 2 rings (SSSR count). The maximum atomic E-state index is 11.5. The molecule has 0 atom stereocenters. The van der Waals surface area contributed by atoms with Crippen molar-refractivity contribution < 1.29 is 9.53 Å². The Kier molecular flexibility index (Phi) is 4.67. The highest BCUT2D eigenvalue weighted by molar-refractivity contribution is 7.18. The van der Waals surface area contributed by atoms with Crippen molar-refractivity contribution in [2.75, 3.05) is 19.1 Å². The lowest BCUT2D eigenvalue weighted by molar-refractivity contribution is 0.0606. The Labute approximate surface area is 128 Å². The van der Waals surface area contributed by atoms with Gasteiger partial charge in [0.1, 0.15) is 0 Å². The van der Waals surface area contributed by atoms with Gasteiger partial charge in [0.25, 0.3) is 0 Å². The van der Waals surface area contributed by atoms with Crippen molar-refractivity contribution in [2.45, 2.75) is 6.54 Å². The summed E-state index contributed by atoms with van der Waals surface area (Å²) in [5, 5.41) is 0.831. The van der Waals surface area contributed by atoms with E-state index >= 15 is 0 Å². The third kappa shape index (κ3) is 3.39. The Morgan fingerprint density at radius 3 is 2.74 bits per heavy atom. The lowest BCUT2D eigenvalue weighted by Crippen LogP contribution is -2.15. The fourth-order valence-electron chi connectivity index (χ4n) is 1.41. The fraction of sp³-hybridized carbons (Fsp3) is 0.273. The van der Waals surface area contributed by atoms with Crippen LogP contribution in [-0.2, 0) is 11.3 Å². The van der Waals surface area contributed by atoms with E-state index in [4.69, 9.17) is 23.2 Å². The van der Waals surface area contributed by atoms with E-state index < -0.39 is 5.97 Å². The zero-order valence-corrected chi connectivity index (χ0v) is 13.3. The summed E-state index contributed by atoms with van der Waals surface area (Å²) in [5.41, 5.74) is 0. The number of esters is 1. The molecule has 2 heterocycles. The minimum atomic E-state index is -0.471. The van der Waals surface area contributed by atoms with E-state index in [1.165, 1.54) is 29.8 Å². The molecule has 102 valence electrons. The van der Waals surface area contributed by atoms with Crippen molar-refractivity contribution in [3.8, 4) is 0 Å². The van der Waals surface area contributed by atoms with Gasteiger partial charge in [-0.1, -0.05) is 34.5 Å². The molecule has 2 aromatic rings. The maximum Gasteiger partial charge on any atom is 0.351 e. The van der Waals surface area contributed by atoms with Crippen molar-refractivity contribution >= 4 is 57.0 Å². The van der Waals surface area contributed by atoms with E-state index in [-0.39, 0.29) is 5.15 Å². The normalized spacial score (nSPS) is 10.5. The highest BCUT2D eigenvalue weighted by Crippen LogP contribution is 2.31. The summed E-state index contributed by atoms with van der Waals surface area (Å²) in [6.07, 6.45) is 0. The number of hydrogen-bond donors (Lipinski definition) is 0. The van der Waals surface area contributed by atoms with Crippen molar-refractivity contribution in [1.29, 1.82) is 0 Å². The van der Waals surface area contributed by atoms with Crippen LogP contribution in [0.4, 0.5) is 5.13 Å². The SMILES string of the molecule is COC(=O)c1sc(N(C)Cc2ccc(Cl)s2)nc1Cl. The number of aromatic nitrogens is 1. The number of halogens is 2. The van der Waals surface area contributed by atoms with E-state index in [1.807, 2.05) is 24.1 Å². The molecule has 0 radical (unpaired) electrons. The van der Waals surface area contributed by atoms with Gasteiger partial charge in [-0.25, -0.2) is 9.78 Å². The fourth-order valence-corrected chi connectivity index (χ4v) is 3.71. The van der Waals surface area contributed by atoms with Crippen molar-refractivity contribution in [3.05, 3.63) is 31.4 Å². The quantitative estimate of drug-likeness (QED) is 0.793. The first kappa shape index (κ1) is 14.6. The number of carbonyl (C=O) groups is 1. The van der Waals surface area contributed by atoms with Crippen LogP contribution in [-0.4, -0.2) is 25.1 Å². The summed E-state index contributed by atoms with van der Waals surface area (Å²) < 4.78 is 5.39. The molecule has 19 heavy (non-hydrogen) atoms. The van der Waals surface area contributed by atoms with E-state index in [1.54, 1.807) is 0 Å². The third-order valence-corrected chi connectivity index (χ3v) is 5.04. The molecule has 0 aromatic carbocycles. The number of anilines is 1. The molecular formula is C11H10Cl2N2O2S2. The summed E-state index contributed by atoms with van der Waals surface area (Å²) in [6, 6.07) is 3.81. The minimum absolute atomic E-state index is 0.169. The van der Waals surface area contributed by atoms with Crippen LogP contribution in [0.2, 0.25) is 9.49 Å². The van der Waals surface area contributed by atoms with Crippen molar-refractivity contribution in [3.63, 3.8) is 0 Å². The number of rotatable bonds is 4. The molecule has 0 bridgehead atoms. The molecule has 0 saturated carbocycles. The van der Waals surface area contributed by atoms with Gasteiger partial charge in [0.15, 0.2) is 15.2 Å². The standard InChI is InChI=1S/C11H10Cl2N2O2S2/c1-15(5-6-3-4-7(12)18-6)11-14-9(13)8(19-11)10(16)17-2/h3-4H,5H2,1-2H3. The Bertz CT molecular complexity index is 597. The Balaban J connectivity index is 2.15. The average Bonchev–Trinajstić information content (AvgIpc) is 2.95. The Morgan fingerprint density at radius 2 is 2.16 bits per heavy atom. The number of nitrogens with zero attached hydrogens (tertiary/aromatic N) is 2. The predicted molar refractivity (Wildman–Crippen MR) is 79.9 cm³/mol. The molecule has 0 N–H and O–H groups in total. The summed E-state index contributed by atoms with van der Waals surface area (Å²) in [5.74, 6) is -0.471. The van der Waals surface area contributed by atoms with Crippen LogP contribution in [0.25, 0.3) is 0 Å². The number of thiophene rings is 1.